The van der Waals surface area contributed by atoms with Gasteiger partial charge in [0.25, 0.3) is 0 Å². The van der Waals surface area contributed by atoms with E-state index in [2.05, 4.69) is 75.4 Å². The first-order valence-corrected chi connectivity index (χ1v) is 9.23. The Labute approximate surface area is 147 Å². The number of aryl methyl sites for hydroxylation is 1. The van der Waals surface area contributed by atoms with E-state index in [0.717, 1.165) is 6.61 Å². The van der Waals surface area contributed by atoms with Crippen molar-refractivity contribution in [3.8, 4) is 0 Å². The van der Waals surface area contributed by atoms with Crippen LogP contribution in [0.1, 0.15) is 56.2 Å². The second kappa shape index (κ2) is 7.11. The van der Waals surface area contributed by atoms with Crippen LogP contribution in [0.3, 0.4) is 0 Å². The molecule has 0 aromatic heterocycles. The Bertz CT molecular complexity index is 663. The van der Waals surface area contributed by atoms with Gasteiger partial charge in [0, 0.05) is 10.8 Å². The van der Waals surface area contributed by atoms with Crippen molar-refractivity contribution in [3.05, 3.63) is 71.3 Å². The van der Waals surface area contributed by atoms with Gasteiger partial charge in [0.2, 0.25) is 0 Å². The molecular formula is C23H30O. The number of benzene rings is 2. The molecule has 128 valence electrons. The Morgan fingerprint density at radius 1 is 0.875 bits per heavy atom. The Kier molecular flexibility index (Phi) is 5.10. The Morgan fingerprint density at radius 2 is 1.54 bits per heavy atom. The van der Waals surface area contributed by atoms with Crippen LogP contribution in [-0.4, -0.2) is 6.61 Å². The van der Waals surface area contributed by atoms with Gasteiger partial charge in [-0.1, -0.05) is 81.3 Å². The van der Waals surface area contributed by atoms with E-state index >= 15 is 0 Å². The molecule has 1 saturated carbocycles. The van der Waals surface area contributed by atoms with Gasteiger partial charge in [-0.3, -0.25) is 0 Å². The minimum Gasteiger partial charge on any atom is -0.376 e. The van der Waals surface area contributed by atoms with Gasteiger partial charge in [-0.25, -0.2) is 0 Å². The summed E-state index contributed by atoms with van der Waals surface area (Å²) < 4.78 is 6.26. The molecule has 0 N–H and O–H groups in total. The van der Waals surface area contributed by atoms with E-state index in [4.69, 9.17) is 4.74 Å². The minimum atomic E-state index is 0.190. The standard InChI is InChI=1S/C23H30O/c1-19-11-7-8-12-20(19)17-24-18-22(2)15-9-10-16-23(22,3)21-13-5-4-6-14-21/h4-8,11-14H,9-10,15-18H2,1-3H3/t22-,23+/m0/s1. The molecule has 3 rings (SSSR count). The van der Waals surface area contributed by atoms with Crippen LogP contribution < -0.4 is 0 Å². The van der Waals surface area contributed by atoms with Crippen molar-refractivity contribution >= 4 is 0 Å². The van der Waals surface area contributed by atoms with Crippen LogP contribution in [0.2, 0.25) is 0 Å². The molecule has 0 heterocycles. The van der Waals surface area contributed by atoms with Gasteiger partial charge in [0.05, 0.1) is 13.2 Å². The zero-order valence-corrected chi connectivity index (χ0v) is 15.3. The topological polar surface area (TPSA) is 9.23 Å². The molecule has 1 heteroatoms. The van der Waals surface area contributed by atoms with Crippen molar-refractivity contribution < 1.29 is 4.74 Å². The highest BCUT2D eigenvalue weighted by Crippen LogP contribution is 2.52. The first-order chi connectivity index (χ1) is 11.6. The fourth-order valence-corrected chi connectivity index (χ4v) is 4.26. The van der Waals surface area contributed by atoms with Crippen LogP contribution >= 0.6 is 0 Å². The maximum absolute atomic E-state index is 6.26. The van der Waals surface area contributed by atoms with Crippen LogP contribution in [0.4, 0.5) is 0 Å². The highest BCUT2D eigenvalue weighted by Gasteiger charge is 2.47. The molecule has 0 bridgehead atoms. The summed E-state index contributed by atoms with van der Waals surface area (Å²) in [6.07, 6.45) is 5.12. The minimum absolute atomic E-state index is 0.190. The average Bonchev–Trinajstić information content (AvgIpc) is 2.60. The number of ether oxygens (including phenoxy) is 1. The summed E-state index contributed by atoms with van der Waals surface area (Å²) in [5.41, 5.74) is 4.47. The quantitative estimate of drug-likeness (QED) is 0.651. The molecule has 0 amide bonds. The summed E-state index contributed by atoms with van der Waals surface area (Å²) >= 11 is 0. The molecule has 2 atom stereocenters. The average molecular weight is 322 g/mol. The lowest BCUT2D eigenvalue weighted by atomic mass is 9.55. The van der Waals surface area contributed by atoms with Gasteiger partial charge in [0.1, 0.15) is 0 Å². The van der Waals surface area contributed by atoms with Crippen molar-refractivity contribution in [2.45, 2.75) is 58.5 Å². The van der Waals surface area contributed by atoms with Crippen molar-refractivity contribution in [2.24, 2.45) is 5.41 Å². The smallest absolute Gasteiger partial charge is 0.0719 e. The fourth-order valence-electron chi connectivity index (χ4n) is 4.26. The van der Waals surface area contributed by atoms with Crippen molar-refractivity contribution in [2.75, 3.05) is 6.61 Å². The highest BCUT2D eigenvalue weighted by molar-refractivity contribution is 5.29. The first kappa shape index (κ1) is 17.2. The molecule has 1 fully saturated rings. The molecule has 0 unspecified atom stereocenters. The van der Waals surface area contributed by atoms with E-state index in [-0.39, 0.29) is 10.8 Å². The lowest BCUT2D eigenvalue weighted by molar-refractivity contribution is -0.0260. The molecule has 0 saturated heterocycles. The zero-order chi connectivity index (χ0) is 17.0. The van der Waals surface area contributed by atoms with E-state index < -0.39 is 0 Å². The van der Waals surface area contributed by atoms with Crippen LogP contribution in [0.5, 0.6) is 0 Å². The molecule has 1 aliphatic rings. The van der Waals surface area contributed by atoms with Crippen LogP contribution in [0, 0.1) is 12.3 Å². The summed E-state index contributed by atoms with van der Waals surface area (Å²) in [7, 11) is 0. The molecular weight excluding hydrogens is 292 g/mol. The summed E-state index contributed by atoms with van der Waals surface area (Å²) in [4.78, 5) is 0. The van der Waals surface area contributed by atoms with E-state index in [1.54, 1.807) is 0 Å². The lowest BCUT2D eigenvalue weighted by Crippen LogP contribution is -2.47. The van der Waals surface area contributed by atoms with Gasteiger partial charge in [-0.15, -0.1) is 0 Å². The fraction of sp³-hybridized carbons (Fsp3) is 0.478. The van der Waals surface area contributed by atoms with Gasteiger partial charge < -0.3 is 4.74 Å². The number of hydrogen-bond acceptors (Lipinski definition) is 1. The van der Waals surface area contributed by atoms with Crippen molar-refractivity contribution in [3.63, 3.8) is 0 Å². The number of rotatable bonds is 5. The predicted octanol–water partition coefficient (Wildman–Crippen LogP) is 6.05. The van der Waals surface area contributed by atoms with Gasteiger partial charge in [0.15, 0.2) is 0 Å². The summed E-state index contributed by atoms with van der Waals surface area (Å²) in [5, 5.41) is 0. The third-order valence-electron chi connectivity index (χ3n) is 6.34. The van der Waals surface area contributed by atoms with Gasteiger partial charge in [-0.05, 0) is 36.5 Å². The van der Waals surface area contributed by atoms with E-state index in [1.165, 1.54) is 42.4 Å². The third-order valence-corrected chi connectivity index (χ3v) is 6.34. The van der Waals surface area contributed by atoms with Gasteiger partial charge >= 0.3 is 0 Å². The normalized spacial score (nSPS) is 27.1. The van der Waals surface area contributed by atoms with E-state index in [1.807, 2.05) is 0 Å². The zero-order valence-electron chi connectivity index (χ0n) is 15.3. The molecule has 24 heavy (non-hydrogen) atoms. The largest absolute Gasteiger partial charge is 0.376 e. The molecule has 0 aliphatic heterocycles. The molecule has 1 aliphatic carbocycles. The van der Waals surface area contributed by atoms with Crippen molar-refractivity contribution in [1.29, 1.82) is 0 Å². The highest BCUT2D eigenvalue weighted by atomic mass is 16.5. The van der Waals surface area contributed by atoms with Crippen LogP contribution in [0.25, 0.3) is 0 Å². The number of hydrogen-bond donors (Lipinski definition) is 0. The first-order valence-electron chi connectivity index (χ1n) is 9.23. The summed E-state index contributed by atoms with van der Waals surface area (Å²) in [6, 6.07) is 19.6. The monoisotopic (exact) mass is 322 g/mol. The van der Waals surface area contributed by atoms with Crippen molar-refractivity contribution in [1.82, 2.24) is 0 Å². The second-order valence-electron chi connectivity index (χ2n) is 7.89. The van der Waals surface area contributed by atoms with Crippen LogP contribution in [0.15, 0.2) is 54.6 Å². The maximum Gasteiger partial charge on any atom is 0.0719 e. The third kappa shape index (κ3) is 3.28. The Hall–Kier alpha value is -1.60. The molecule has 2 aromatic rings. The SMILES string of the molecule is Cc1ccccc1COC[C@]1(C)CCCC[C@]1(C)c1ccccc1. The molecule has 0 spiro atoms. The van der Waals surface area contributed by atoms with E-state index in [0.29, 0.717) is 6.61 Å². The Balaban J connectivity index is 1.75. The maximum atomic E-state index is 6.26. The summed E-state index contributed by atoms with van der Waals surface area (Å²) in [5.74, 6) is 0. The second-order valence-corrected chi connectivity index (χ2v) is 7.89. The van der Waals surface area contributed by atoms with E-state index in [9.17, 15) is 0 Å². The predicted molar refractivity (Wildman–Crippen MR) is 101 cm³/mol. The van der Waals surface area contributed by atoms with Crippen LogP contribution in [-0.2, 0) is 16.8 Å². The van der Waals surface area contributed by atoms with Gasteiger partial charge in [-0.2, -0.15) is 0 Å². The summed E-state index contributed by atoms with van der Waals surface area (Å²) in [6.45, 7) is 8.57. The Morgan fingerprint density at radius 3 is 2.29 bits per heavy atom. The molecule has 0 radical (unpaired) electrons. The lowest BCUT2D eigenvalue weighted by Gasteiger charge is -2.50. The molecule has 2 aromatic carbocycles. The molecule has 1 nitrogen and oxygen atoms in total.